The Labute approximate surface area is 43.3 Å². The second-order valence-corrected chi connectivity index (χ2v) is 1.05. The van der Waals surface area contributed by atoms with E-state index in [0.29, 0.717) is 0 Å². The van der Waals surface area contributed by atoms with Crippen LogP contribution in [-0.4, -0.2) is 16.4 Å². The second kappa shape index (κ2) is 1.61. The normalized spacial score (nSPS) is 9.00. The number of aromatic nitrogens is 2. The number of aromatic amines is 1. The molecule has 0 aliphatic heterocycles. The summed E-state index contributed by atoms with van der Waals surface area (Å²) in [6, 6.07) is 0. The number of H-pyrrole nitrogens is 1. The van der Waals surface area contributed by atoms with Crippen molar-refractivity contribution in [1.29, 1.82) is 0 Å². The van der Waals surface area contributed by atoms with Gasteiger partial charge in [-0.15, -0.1) is 0 Å². The topological polar surface area (TPSA) is 76.0 Å². The molecule has 1 aromatic rings. The van der Waals surface area contributed by atoms with Crippen molar-refractivity contribution in [3.63, 3.8) is 0 Å². The average Bonchev–Trinajstić information content (AvgIpc) is 2.14. The number of carbonyl (C=O) groups excluding carboxylic acids is 1. The molecule has 0 aliphatic rings. The summed E-state index contributed by atoms with van der Waals surface area (Å²) < 4.78 is 3.93. The average molecular weight is 113 g/mol. The highest BCUT2D eigenvalue weighted by Gasteiger charge is 1.94. The van der Waals surface area contributed by atoms with Crippen molar-refractivity contribution in [1.82, 2.24) is 10.1 Å². The predicted molar refractivity (Wildman–Crippen MR) is 21.9 cm³/mol. The van der Waals surface area contributed by atoms with Crippen LogP contribution in [0.4, 0.5) is 0 Å². The fourth-order valence-electron chi connectivity index (χ4n) is 0.274. The minimum atomic E-state index is -0.747. The molecule has 0 unspecified atom stereocenters. The van der Waals surface area contributed by atoms with Gasteiger partial charge in [-0.2, -0.15) is 0 Å². The molecule has 1 rings (SSSR count). The summed E-state index contributed by atoms with van der Waals surface area (Å²) in [6.07, 6.45) is 1.34. The Morgan fingerprint density at radius 1 is 1.75 bits per heavy atom. The van der Waals surface area contributed by atoms with E-state index < -0.39 is 5.76 Å². The zero-order chi connectivity index (χ0) is 5.98. The Bertz CT molecular complexity index is 235. The first-order valence-corrected chi connectivity index (χ1v) is 1.77. The van der Waals surface area contributed by atoms with Crippen LogP contribution in [0.5, 0.6) is 0 Å². The van der Waals surface area contributed by atoms with Gasteiger partial charge in [-0.3, -0.25) is 14.3 Å². The van der Waals surface area contributed by atoms with Crippen molar-refractivity contribution in [3.8, 4) is 0 Å². The molecule has 0 fully saturated rings. The van der Waals surface area contributed by atoms with Crippen LogP contribution in [0.25, 0.3) is 0 Å². The molecule has 5 nitrogen and oxygen atoms in total. The van der Waals surface area contributed by atoms with Crippen LogP contribution < -0.4 is 5.76 Å². The Balaban J connectivity index is 3.18. The first-order valence-electron chi connectivity index (χ1n) is 1.77. The second-order valence-electron chi connectivity index (χ2n) is 1.05. The van der Waals surface area contributed by atoms with E-state index in [4.69, 9.17) is 0 Å². The third kappa shape index (κ3) is 0.651. The molecule has 1 radical (unpaired) electrons. The summed E-state index contributed by atoms with van der Waals surface area (Å²) in [4.78, 5) is 21.6. The van der Waals surface area contributed by atoms with E-state index in [1.54, 1.807) is 0 Å². The van der Waals surface area contributed by atoms with Crippen LogP contribution in [0.1, 0.15) is 5.82 Å². The molecule has 0 spiro atoms. The summed E-state index contributed by atoms with van der Waals surface area (Å²) >= 11 is 0. The highest BCUT2D eigenvalue weighted by atomic mass is 16.5. The van der Waals surface area contributed by atoms with Gasteiger partial charge in [0.05, 0.1) is 0 Å². The summed E-state index contributed by atoms with van der Waals surface area (Å²) in [5, 5.41) is 2.97. The number of nitrogens with one attached hydrogen (secondary N) is 1. The van der Waals surface area contributed by atoms with E-state index in [1.165, 1.54) is 6.29 Å². The van der Waals surface area contributed by atoms with Gasteiger partial charge < -0.3 is 0 Å². The van der Waals surface area contributed by atoms with Gasteiger partial charge >= 0.3 is 5.76 Å². The number of nitrogens with zero attached hydrogens (tertiary/aromatic N) is 1. The monoisotopic (exact) mass is 113 g/mol. The lowest BCUT2D eigenvalue weighted by Crippen LogP contribution is -1.95. The van der Waals surface area contributed by atoms with Crippen LogP contribution in [0.3, 0.4) is 0 Å². The fraction of sp³-hybridized carbons (Fsp3) is 0. The third-order valence-corrected chi connectivity index (χ3v) is 0.537. The molecule has 0 amide bonds. The molecule has 0 saturated carbocycles. The molecular formula is C3HN2O3. The van der Waals surface area contributed by atoms with Crippen LogP contribution in [0.2, 0.25) is 0 Å². The molecule has 1 aromatic heterocycles. The largest absolute Gasteiger partial charge is 0.439 e. The molecular weight excluding hydrogens is 112 g/mol. The summed E-state index contributed by atoms with van der Waals surface area (Å²) in [5.41, 5.74) is 0. The van der Waals surface area contributed by atoms with Gasteiger partial charge in [0.25, 0.3) is 6.29 Å². The summed E-state index contributed by atoms with van der Waals surface area (Å²) in [6.45, 7) is 0. The van der Waals surface area contributed by atoms with Crippen LogP contribution in [0, 0.1) is 0 Å². The smallest absolute Gasteiger partial charge is 0.295 e. The van der Waals surface area contributed by atoms with Crippen molar-refractivity contribution in [3.05, 3.63) is 16.4 Å². The lowest BCUT2D eigenvalue weighted by Gasteiger charge is -1.60. The molecule has 0 aliphatic carbocycles. The molecule has 41 valence electrons. The maximum absolute atomic E-state index is 9.99. The van der Waals surface area contributed by atoms with E-state index in [0.717, 1.165) is 0 Å². The summed E-state index contributed by atoms with van der Waals surface area (Å²) in [7, 11) is 0. The van der Waals surface area contributed by atoms with E-state index in [-0.39, 0.29) is 5.82 Å². The van der Waals surface area contributed by atoms with Gasteiger partial charge in [-0.25, -0.2) is 4.79 Å². The molecule has 0 bridgehead atoms. The Hall–Kier alpha value is -1.39. The lowest BCUT2D eigenvalue weighted by molar-refractivity contribution is 0.384. The van der Waals surface area contributed by atoms with Gasteiger partial charge in [0.15, 0.2) is 0 Å². The Kier molecular flexibility index (Phi) is 0.957. The molecule has 5 heteroatoms. The Morgan fingerprint density at radius 2 is 2.50 bits per heavy atom. The molecule has 8 heavy (non-hydrogen) atoms. The SMILES string of the molecule is O=[C]c1noc(=O)[nH]1. The first kappa shape index (κ1) is 4.76. The standard InChI is InChI=1S/C3HN2O3/c6-1-2-4-3(7)8-5-2/h(H,4,5,7). The van der Waals surface area contributed by atoms with Gasteiger partial charge in [0, 0.05) is 0 Å². The third-order valence-electron chi connectivity index (χ3n) is 0.537. The molecule has 0 saturated heterocycles. The maximum Gasteiger partial charge on any atom is 0.439 e. The van der Waals surface area contributed by atoms with E-state index >= 15 is 0 Å². The van der Waals surface area contributed by atoms with Crippen LogP contribution >= 0.6 is 0 Å². The van der Waals surface area contributed by atoms with Crippen LogP contribution in [0.15, 0.2) is 9.32 Å². The summed E-state index contributed by atoms with van der Waals surface area (Å²) in [5.74, 6) is -0.960. The Morgan fingerprint density at radius 3 is 2.75 bits per heavy atom. The van der Waals surface area contributed by atoms with Gasteiger partial charge in [-0.1, -0.05) is 5.16 Å². The molecule has 0 aromatic carbocycles. The molecule has 1 heterocycles. The van der Waals surface area contributed by atoms with E-state index in [9.17, 15) is 9.59 Å². The molecule has 0 atom stereocenters. The molecule has 1 N–H and O–H groups in total. The van der Waals surface area contributed by atoms with Crippen molar-refractivity contribution in [2.45, 2.75) is 0 Å². The van der Waals surface area contributed by atoms with Gasteiger partial charge in [0.1, 0.15) is 0 Å². The van der Waals surface area contributed by atoms with E-state index in [2.05, 4.69) is 9.68 Å². The zero-order valence-corrected chi connectivity index (χ0v) is 3.67. The van der Waals surface area contributed by atoms with Crippen molar-refractivity contribution in [2.24, 2.45) is 0 Å². The number of hydrogen-bond acceptors (Lipinski definition) is 4. The van der Waals surface area contributed by atoms with Gasteiger partial charge in [-0.05, 0) is 0 Å². The number of rotatable bonds is 1. The van der Waals surface area contributed by atoms with Crippen molar-refractivity contribution >= 4 is 6.29 Å². The fourth-order valence-corrected chi connectivity index (χ4v) is 0.274. The first-order chi connectivity index (χ1) is 3.83. The number of hydrogen-bond donors (Lipinski definition) is 1. The maximum atomic E-state index is 9.99. The predicted octanol–water partition coefficient (Wildman–Crippen LogP) is -1.18. The van der Waals surface area contributed by atoms with Crippen molar-refractivity contribution in [2.75, 3.05) is 0 Å². The minimum absolute atomic E-state index is 0.213. The highest BCUT2D eigenvalue weighted by molar-refractivity contribution is 5.68. The van der Waals surface area contributed by atoms with Crippen LogP contribution in [-0.2, 0) is 4.79 Å². The zero-order valence-electron chi connectivity index (χ0n) is 3.67. The quantitative estimate of drug-likeness (QED) is 0.497. The highest BCUT2D eigenvalue weighted by Crippen LogP contribution is 1.70. The minimum Gasteiger partial charge on any atom is -0.295 e. The van der Waals surface area contributed by atoms with Crippen molar-refractivity contribution < 1.29 is 9.32 Å². The lowest BCUT2D eigenvalue weighted by atomic mass is 10.7. The van der Waals surface area contributed by atoms with E-state index in [1.807, 2.05) is 4.98 Å². The van der Waals surface area contributed by atoms with Gasteiger partial charge in [0.2, 0.25) is 5.82 Å².